The summed E-state index contributed by atoms with van der Waals surface area (Å²) in [6, 6.07) is 9.90. The molecule has 0 radical (unpaired) electrons. The molecule has 5 heteroatoms. The zero-order chi connectivity index (χ0) is 16.4. The van der Waals surface area contributed by atoms with Crippen LogP contribution in [0.15, 0.2) is 30.3 Å². The lowest BCUT2D eigenvalue weighted by molar-refractivity contribution is 0.247. The van der Waals surface area contributed by atoms with E-state index in [1.165, 1.54) is 19.4 Å². The summed E-state index contributed by atoms with van der Waals surface area (Å²) < 4.78 is 0. The highest BCUT2D eigenvalue weighted by atomic mass is 16.3. The Morgan fingerprint density at radius 3 is 2.74 bits per heavy atom. The Kier molecular flexibility index (Phi) is 4.48. The predicted octanol–water partition coefficient (Wildman–Crippen LogP) is 2.69. The number of likely N-dealkylation sites (tertiary alicyclic amines) is 1. The maximum atomic E-state index is 10.0. The summed E-state index contributed by atoms with van der Waals surface area (Å²) in [6.45, 7) is 4.22. The summed E-state index contributed by atoms with van der Waals surface area (Å²) in [7, 11) is 4.24. The Labute approximate surface area is 137 Å². The van der Waals surface area contributed by atoms with Crippen LogP contribution in [-0.2, 0) is 0 Å². The monoisotopic (exact) mass is 312 g/mol. The third-order valence-electron chi connectivity index (χ3n) is 4.59. The van der Waals surface area contributed by atoms with Gasteiger partial charge in [0.1, 0.15) is 5.75 Å². The smallest absolute Gasteiger partial charge is 0.151 e. The number of rotatable bonds is 3. The number of benzene rings is 1. The highest BCUT2D eigenvalue weighted by Crippen LogP contribution is 2.29. The molecular formula is C18H24N4O. The normalized spacial score (nSPS) is 18.8. The van der Waals surface area contributed by atoms with E-state index in [-0.39, 0.29) is 5.75 Å². The van der Waals surface area contributed by atoms with Crippen LogP contribution in [0, 0.1) is 6.92 Å². The van der Waals surface area contributed by atoms with E-state index in [0.29, 0.717) is 11.7 Å². The molecule has 1 fully saturated rings. The summed E-state index contributed by atoms with van der Waals surface area (Å²) in [5.41, 5.74) is 2.51. The molecule has 1 aromatic heterocycles. The second-order valence-electron chi connectivity index (χ2n) is 6.47. The summed E-state index contributed by atoms with van der Waals surface area (Å²) in [5.74, 6) is 1.11. The molecule has 0 saturated carbocycles. The first kappa shape index (κ1) is 15.7. The van der Waals surface area contributed by atoms with E-state index >= 15 is 0 Å². The van der Waals surface area contributed by atoms with Gasteiger partial charge in [-0.25, -0.2) is 0 Å². The largest absolute Gasteiger partial charge is 0.507 e. The molecular weight excluding hydrogens is 288 g/mol. The number of likely N-dealkylation sites (N-methyl/N-ethyl adjacent to an activating group) is 2. The number of phenols is 1. The molecule has 1 aromatic carbocycles. The fourth-order valence-corrected chi connectivity index (χ4v) is 3.15. The van der Waals surface area contributed by atoms with Crippen molar-refractivity contribution in [2.75, 3.05) is 32.1 Å². The Hall–Kier alpha value is -2.14. The van der Waals surface area contributed by atoms with Gasteiger partial charge in [0.15, 0.2) is 5.82 Å². The van der Waals surface area contributed by atoms with Gasteiger partial charge in [0.2, 0.25) is 0 Å². The molecule has 5 nitrogen and oxygen atoms in total. The lowest BCUT2D eigenvalue weighted by Crippen LogP contribution is -2.45. The number of hydrogen-bond acceptors (Lipinski definition) is 5. The molecule has 23 heavy (non-hydrogen) atoms. The van der Waals surface area contributed by atoms with Gasteiger partial charge in [-0.1, -0.05) is 11.6 Å². The maximum Gasteiger partial charge on any atom is 0.151 e. The molecule has 0 unspecified atom stereocenters. The fourth-order valence-electron chi connectivity index (χ4n) is 3.15. The third kappa shape index (κ3) is 3.45. The van der Waals surface area contributed by atoms with Crippen molar-refractivity contribution in [3.63, 3.8) is 0 Å². The van der Waals surface area contributed by atoms with Crippen molar-refractivity contribution in [1.82, 2.24) is 15.1 Å². The number of piperidine rings is 1. The van der Waals surface area contributed by atoms with Crippen molar-refractivity contribution in [3.05, 3.63) is 35.9 Å². The number of phenolic OH excluding ortho intramolecular Hbond substituents is 1. The van der Waals surface area contributed by atoms with Crippen LogP contribution in [0.3, 0.4) is 0 Å². The Morgan fingerprint density at radius 2 is 2.04 bits per heavy atom. The highest BCUT2D eigenvalue weighted by molar-refractivity contribution is 5.67. The van der Waals surface area contributed by atoms with Gasteiger partial charge in [-0.15, -0.1) is 10.2 Å². The van der Waals surface area contributed by atoms with E-state index in [0.717, 1.165) is 23.5 Å². The first-order chi connectivity index (χ1) is 11.0. The first-order valence-electron chi connectivity index (χ1n) is 8.09. The zero-order valence-electron chi connectivity index (χ0n) is 14.0. The number of anilines is 1. The minimum atomic E-state index is 0.236. The summed E-state index contributed by atoms with van der Waals surface area (Å²) in [5, 5.41) is 18.7. The molecule has 0 aliphatic carbocycles. The van der Waals surface area contributed by atoms with Gasteiger partial charge in [0.05, 0.1) is 5.69 Å². The van der Waals surface area contributed by atoms with Gasteiger partial charge in [-0.3, -0.25) is 0 Å². The van der Waals surface area contributed by atoms with E-state index < -0.39 is 0 Å². The van der Waals surface area contributed by atoms with Crippen molar-refractivity contribution in [2.45, 2.75) is 25.8 Å². The standard InChI is InChI=1S/C18H24N4O/c1-13-6-8-17(23)15(11-13)16-7-9-18(20-19-16)22(3)14-5-4-10-21(2)12-14/h6-9,11,14,23H,4-5,10,12H2,1-3H3/t14-/m1/s1. The van der Waals surface area contributed by atoms with Crippen LogP contribution in [0.2, 0.25) is 0 Å². The zero-order valence-corrected chi connectivity index (χ0v) is 14.0. The van der Waals surface area contributed by atoms with Crippen LogP contribution in [0.25, 0.3) is 11.3 Å². The van der Waals surface area contributed by atoms with Crippen molar-refractivity contribution >= 4 is 5.82 Å². The van der Waals surface area contributed by atoms with Crippen LogP contribution < -0.4 is 4.90 Å². The Morgan fingerprint density at radius 1 is 1.22 bits per heavy atom. The van der Waals surface area contributed by atoms with Gasteiger partial charge in [-0.2, -0.15) is 0 Å². The van der Waals surface area contributed by atoms with Crippen LogP contribution >= 0.6 is 0 Å². The van der Waals surface area contributed by atoms with Crippen LogP contribution in [0.1, 0.15) is 18.4 Å². The minimum absolute atomic E-state index is 0.236. The van der Waals surface area contributed by atoms with Gasteiger partial charge in [0.25, 0.3) is 0 Å². The molecule has 0 amide bonds. The molecule has 3 rings (SSSR count). The molecule has 2 aromatic rings. The second kappa shape index (κ2) is 6.54. The lowest BCUT2D eigenvalue weighted by atomic mass is 10.0. The fraction of sp³-hybridized carbons (Fsp3) is 0.444. The maximum absolute atomic E-state index is 10.0. The topological polar surface area (TPSA) is 52.5 Å². The average Bonchev–Trinajstić information content (AvgIpc) is 2.56. The van der Waals surface area contributed by atoms with Crippen LogP contribution in [0.4, 0.5) is 5.82 Å². The van der Waals surface area contributed by atoms with Gasteiger partial charge < -0.3 is 14.9 Å². The van der Waals surface area contributed by atoms with E-state index in [2.05, 4.69) is 34.1 Å². The quantitative estimate of drug-likeness (QED) is 0.944. The molecule has 0 spiro atoms. The van der Waals surface area contributed by atoms with Crippen LogP contribution in [-0.4, -0.2) is 53.4 Å². The molecule has 2 heterocycles. The molecule has 1 aliphatic rings. The SMILES string of the molecule is Cc1ccc(O)c(-c2ccc(N(C)[C@@H]3CCCN(C)C3)nn2)c1. The van der Waals surface area contributed by atoms with Gasteiger partial charge >= 0.3 is 0 Å². The van der Waals surface area contributed by atoms with Crippen molar-refractivity contribution in [2.24, 2.45) is 0 Å². The molecule has 0 bridgehead atoms. The number of nitrogens with zero attached hydrogens (tertiary/aromatic N) is 4. The minimum Gasteiger partial charge on any atom is -0.507 e. The predicted molar refractivity (Wildman–Crippen MR) is 92.8 cm³/mol. The molecule has 1 aliphatic heterocycles. The van der Waals surface area contributed by atoms with E-state index in [4.69, 9.17) is 0 Å². The van der Waals surface area contributed by atoms with Crippen molar-refractivity contribution in [3.8, 4) is 17.0 Å². The van der Waals surface area contributed by atoms with E-state index in [1.54, 1.807) is 6.07 Å². The molecule has 1 N–H and O–H groups in total. The molecule has 1 saturated heterocycles. The summed E-state index contributed by atoms with van der Waals surface area (Å²) in [6.07, 6.45) is 2.40. The number of hydrogen-bond donors (Lipinski definition) is 1. The van der Waals surface area contributed by atoms with E-state index in [1.807, 2.05) is 31.2 Å². The van der Waals surface area contributed by atoms with Gasteiger partial charge in [0, 0.05) is 25.2 Å². The number of aromatic nitrogens is 2. The number of aryl methyl sites for hydroxylation is 1. The van der Waals surface area contributed by atoms with Gasteiger partial charge in [-0.05, 0) is 57.6 Å². The first-order valence-corrected chi connectivity index (χ1v) is 8.09. The average molecular weight is 312 g/mol. The van der Waals surface area contributed by atoms with Crippen LogP contribution in [0.5, 0.6) is 5.75 Å². The van der Waals surface area contributed by atoms with E-state index in [9.17, 15) is 5.11 Å². The lowest BCUT2D eigenvalue weighted by Gasteiger charge is -2.36. The highest BCUT2D eigenvalue weighted by Gasteiger charge is 2.22. The number of aromatic hydroxyl groups is 1. The Balaban J connectivity index is 1.80. The Bertz CT molecular complexity index is 671. The molecule has 122 valence electrons. The third-order valence-corrected chi connectivity index (χ3v) is 4.59. The summed E-state index contributed by atoms with van der Waals surface area (Å²) in [4.78, 5) is 4.57. The van der Waals surface area contributed by atoms with Crippen molar-refractivity contribution < 1.29 is 5.11 Å². The second-order valence-corrected chi connectivity index (χ2v) is 6.47. The summed E-state index contributed by atoms with van der Waals surface area (Å²) >= 11 is 0. The molecule has 1 atom stereocenters. The van der Waals surface area contributed by atoms with Crippen molar-refractivity contribution in [1.29, 1.82) is 0 Å².